The van der Waals surface area contributed by atoms with E-state index in [1.54, 1.807) is 7.11 Å². The Hall–Kier alpha value is -1.26. The highest BCUT2D eigenvalue weighted by Crippen LogP contribution is 2.43. The number of fused-ring (bicyclic) bond motifs is 1. The van der Waals surface area contributed by atoms with Gasteiger partial charge in [-0.3, -0.25) is 0 Å². The third-order valence-electron chi connectivity index (χ3n) is 3.38. The second-order valence-electron chi connectivity index (χ2n) is 4.45. The lowest BCUT2D eigenvalue weighted by Crippen LogP contribution is -2.15. The lowest BCUT2D eigenvalue weighted by molar-refractivity contribution is 0.171. The summed E-state index contributed by atoms with van der Waals surface area (Å²) in [4.78, 5) is 0. The van der Waals surface area contributed by atoms with E-state index in [0.29, 0.717) is 19.4 Å². The fraction of sp³-hybridized carbons (Fsp3) is 0.538. The highest BCUT2D eigenvalue weighted by molar-refractivity contribution is 5.53. The summed E-state index contributed by atoms with van der Waals surface area (Å²) in [5.41, 5.74) is 2.41. The van der Waals surface area contributed by atoms with Crippen molar-refractivity contribution in [2.24, 2.45) is 0 Å². The fourth-order valence-electron chi connectivity index (χ4n) is 2.63. The van der Waals surface area contributed by atoms with Crippen LogP contribution in [0.2, 0.25) is 0 Å². The Bertz CT molecular complexity index is 413. The third-order valence-corrected chi connectivity index (χ3v) is 3.38. The number of nitrogens with one attached hydrogen (secondary N) is 1. The van der Waals surface area contributed by atoms with E-state index in [4.69, 9.17) is 14.2 Å². The molecule has 92 valence electrons. The zero-order valence-corrected chi connectivity index (χ0v) is 9.99. The lowest BCUT2D eigenvalue weighted by atomic mass is 9.97. The highest BCUT2D eigenvalue weighted by atomic mass is 16.7. The number of hydrogen-bond acceptors (Lipinski definition) is 4. The van der Waals surface area contributed by atoms with Gasteiger partial charge in [-0.05, 0) is 31.0 Å². The van der Waals surface area contributed by atoms with Gasteiger partial charge in [-0.25, -0.2) is 0 Å². The first kappa shape index (κ1) is 10.9. The summed E-state index contributed by atoms with van der Waals surface area (Å²) in [5.74, 6) is 1.76. The van der Waals surface area contributed by atoms with Crippen LogP contribution in [0.1, 0.15) is 30.0 Å². The second-order valence-corrected chi connectivity index (χ2v) is 4.45. The normalized spacial score (nSPS) is 22.1. The standard InChI is InChI=1S/C13H17NO3/c1-15-7-9-4-5-11-13(17-8-16-11)12(9)10-3-2-6-14-10/h4-5,10,14H,2-3,6-8H2,1H3. The second kappa shape index (κ2) is 4.55. The maximum absolute atomic E-state index is 5.61. The number of methoxy groups -OCH3 is 1. The van der Waals surface area contributed by atoms with Crippen LogP contribution >= 0.6 is 0 Å². The van der Waals surface area contributed by atoms with Crippen LogP contribution in [0.4, 0.5) is 0 Å². The van der Waals surface area contributed by atoms with Crippen LogP contribution in [0.25, 0.3) is 0 Å². The summed E-state index contributed by atoms with van der Waals surface area (Å²) in [6.45, 7) is 2.01. The van der Waals surface area contributed by atoms with Crippen molar-refractivity contribution in [2.75, 3.05) is 20.4 Å². The van der Waals surface area contributed by atoms with Crippen molar-refractivity contribution in [2.45, 2.75) is 25.5 Å². The van der Waals surface area contributed by atoms with E-state index in [0.717, 1.165) is 24.5 Å². The molecule has 3 rings (SSSR count). The van der Waals surface area contributed by atoms with Crippen LogP contribution in [-0.4, -0.2) is 20.4 Å². The maximum Gasteiger partial charge on any atom is 0.231 e. The minimum Gasteiger partial charge on any atom is -0.454 e. The molecule has 4 nitrogen and oxygen atoms in total. The largest absolute Gasteiger partial charge is 0.454 e. The van der Waals surface area contributed by atoms with Gasteiger partial charge in [0.05, 0.1) is 6.61 Å². The first-order valence-corrected chi connectivity index (χ1v) is 6.04. The Balaban J connectivity index is 2.04. The average molecular weight is 235 g/mol. The van der Waals surface area contributed by atoms with Gasteiger partial charge in [-0.1, -0.05) is 6.07 Å². The molecule has 4 heteroatoms. The summed E-state index contributed by atoms with van der Waals surface area (Å²) < 4.78 is 16.3. The van der Waals surface area contributed by atoms with Crippen molar-refractivity contribution in [1.29, 1.82) is 0 Å². The van der Waals surface area contributed by atoms with Gasteiger partial charge in [0.1, 0.15) is 0 Å². The predicted molar refractivity (Wildman–Crippen MR) is 63.3 cm³/mol. The Labute approximate surface area is 101 Å². The minimum atomic E-state index is 0.325. The summed E-state index contributed by atoms with van der Waals surface area (Å²) in [5, 5.41) is 3.51. The zero-order chi connectivity index (χ0) is 11.7. The van der Waals surface area contributed by atoms with E-state index >= 15 is 0 Å². The van der Waals surface area contributed by atoms with Gasteiger partial charge in [-0.15, -0.1) is 0 Å². The molecule has 2 heterocycles. The van der Waals surface area contributed by atoms with Gasteiger partial charge in [0.15, 0.2) is 11.5 Å². The van der Waals surface area contributed by atoms with Crippen LogP contribution in [0.3, 0.4) is 0 Å². The molecule has 1 fully saturated rings. The molecule has 0 aliphatic carbocycles. The molecular formula is C13H17NO3. The molecule has 2 aliphatic rings. The Morgan fingerprint density at radius 1 is 1.41 bits per heavy atom. The van der Waals surface area contributed by atoms with Crippen LogP contribution in [0.15, 0.2) is 12.1 Å². The molecule has 0 aromatic heterocycles. The van der Waals surface area contributed by atoms with Crippen LogP contribution in [-0.2, 0) is 11.3 Å². The molecular weight excluding hydrogens is 218 g/mol. The molecule has 0 bridgehead atoms. The summed E-state index contributed by atoms with van der Waals surface area (Å²) in [6, 6.07) is 4.42. The first-order chi connectivity index (χ1) is 8.40. The summed E-state index contributed by atoms with van der Waals surface area (Å²) >= 11 is 0. The predicted octanol–water partition coefficient (Wildman–Crippen LogP) is 1.99. The number of ether oxygens (including phenoxy) is 3. The summed E-state index contributed by atoms with van der Waals surface area (Å²) in [6.07, 6.45) is 2.36. The molecule has 1 aromatic carbocycles. The fourth-order valence-corrected chi connectivity index (χ4v) is 2.63. The van der Waals surface area contributed by atoms with Crippen molar-refractivity contribution in [1.82, 2.24) is 5.32 Å². The van der Waals surface area contributed by atoms with E-state index in [1.165, 1.54) is 17.5 Å². The molecule has 0 saturated carbocycles. The van der Waals surface area contributed by atoms with E-state index < -0.39 is 0 Å². The van der Waals surface area contributed by atoms with Crippen LogP contribution in [0.5, 0.6) is 11.5 Å². The van der Waals surface area contributed by atoms with E-state index in [2.05, 4.69) is 11.4 Å². The van der Waals surface area contributed by atoms with Crippen molar-refractivity contribution >= 4 is 0 Å². The number of hydrogen-bond donors (Lipinski definition) is 1. The van der Waals surface area contributed by atoms with Gasteiger partial charge in [-0.2, -0.15) is 0 Å². The van der Waals surface area contributed by atoms with Gasteiger partial charge in [0, 0.05) is 18.7 Å². The number of benzene rings is 1. The molecule has 17 heavy (non-hydrogen) atoms. The van der Waals surface area contributed by atoms with Crippen molar-refractivity contribution in [3.63, 3.8) is 0 Å². The van der Waals surface area contributed by atoms with Gasteiger partial charge in [0.25, 0.3) is 0 Å². The number of rotatable bonds is 3. The molecule has 0 spiro atoms. The van der Waals surface area contributed by atoms with Crippen LogP contribution in [0, 0.1) is 0 Å². The quantitative estimate of drug-likeness (QED) is 0.869. The zero-order valence-electron chi connectivity index (χ0n) is 9.99. The lowest BCUT2D eigenvalue weighted by Gasteiger charge is -2.17. The minimum absolute atomic E-state index is 0.325. The average Bonchev–Trinajstić information content (AvgIpc) is 2.99. The molecule has 1 unspecified atom stereocenters. The molecule has 0 radical (unpaired) electrons. The topological polar surface area (TPSA) is 39.7 Å². The molecule has 1 N–H and O–H groups in total. The van der Waals surface area contributed by atoms with E-state index in [-0.39, 0.29) is 0 Å². The van der Waals surface area contributed by atoms with Gasteiger partial charge < -0.3 is 19.5 Å². The van der Waals surface area contributed by atoms with Crippen LogP contribution < -0.4 is 14.8 Å². The van der Waals surface area contributed by atoms with E-state index in [9.17, 15) is 0 Å². The van der Waals surface area contributed by atoms with Crippen molar-refractivity contribution in [3.8, 4) is 11.5 Å². The Morgan fingerprint density at radius 3 is 3.12 bits per heavy atom. The Kier molecular flexibility index (Phi) is 2.91. The van der Waals surface area contributed by atoms with E-state index in [1.807, 2.05) is 6.07 Å². The van der Waals surface area contributed by atoms with Crippen molar-refractivity contribution < 1.29 is 14.2 Å². The third kappa shape index (κ3) is 1.87. The first-order valence-electron chi connectivity index (χ1n) is 6.04. The molecule has 1 aromatic rings. The SMILES string of the molecule is COCc1ccc2c(c1C1CCCN1)OCO2. The van der Waals surface area contributed by atoms with Gasteiger partial charge >= 0.3 is 0 Å². The Morgan fingerprint density at radius 2 is 2.35 bits per heavy atom. The monoisotopic (exact) mass is 235 g/mol. The maximum atomic E-state index is 5.61. The van der Waals surface area contributed by atoms with Crippen molar-refractivity contribution in [3.05, 3.63) is 23.3 Å². The highest BCUT2D eigenvalue weighted by Gasteiger charge is 2.28. The van der Waals surface area contributed by atoms with Gasteiger partial charge in [0.2, 0.25) is 6.79 Å². The molecule has 1 saturated heterocycles. The smallest absolute Gasteiger partial charge is 0.231 e. The molecule has 1 atom stereocenters. The summed E-state index contributed by atoms with van der Waals surface area (Å²) in [7, 11) is 1.72. The molecule has 2 aliphatic heterocycles. The molecule has 0 amide bonds.